The highest BCUT2D eigenvalue weighted by Gasteiger charge is 2.08. The van der Waals surface area contributed by atoms with Gasteiger partial charge in [0.2, 0.25) is 0 Å². The molecule has 3 nitrogen and oxygen atoms in total. The van der Waals surface area contributed by atoms with Gasteiger partial charge in [-0.05, 0) is 26.8 Å². The summed E-state index contributed by atoms with van der Waals surface area (Å²) in [4.78, 5) is 0. The van der Waals surface area contributed by atoms with Crippen LogP contribution in [-0.4, -0.2) is 17.8 Å². The molecule has 3 heteroatoms. The molecule has 0 radical (unpaired) electrons. The zero-order valence-electron chi connectivity index (χ0n) is 10.2. The number of hydrogen-bond donors (Lipinski definition) is 2. The van der Waals surface area contributed by atoms with Gasteiger partial charge in [-0.25, -0.2) is 0 Å². The number of rotatable bonds is 5. The van der Waals surface area contributed by atoms with Gasteiger partial charge >= 0.3 is 0 Å². The van der Waals surface area contributed by atoms with Gasteiger partial charge in [-0.1, -0.05) is 17.7 Å². The molecule has 2 unspecified atom stereocenters. The van der Waals surface area contributed by atoms with Crippen molar-refractivity contribution < 1.29 is 9.84 Å². The molecule has 1 aromatic rings. The van der Waals surface area contributed by atoms with E-state index in [1.165, 1.54) is 5.56 Å². The van der Waals surface area contributed by atoms with Gasteiger partial charge in [0.05, 0.1) is 12.7 Å². The fraction of sp³-hybridized carbons (Fsp3) is 0.538. The summed E-state index contributed by atoms with van der Waals surface area (Å²) in [5.74, 6) is 0.821. The lowest BCUT2D eigenvalue weighted by Crippen LogP contribution is -2.11. The average Bonchev–Trinajstić information content (AvgIpc) is 2.19. The normalized spacial score (nSPS) is 14.6. The van der Waals surface area contributed by atoms with E-state index in [9.17, 15) is 0 Å². The Hall–Kier alpha value is -1.06. The molecule has 0 fully saturated rings. The Balaban J connectivity index is 2.71. The van der Waals surface area contributed by atoms with E-state index in [4.69, 9.17) is 15.6 Å². The van der Waals surface area contributed by atoms with Crippen molar-refractivity contribution in [3.8, 4) is 5.75 Å². The van der Waals surface area contributed by atoms with Crippen LogP contribution in [0.2, 0.25) is 0 Å². The Morgan fingerprint density at radius 3 is 2.62 bits per heavy atom. The van der Waals surface area contributed by atoms with Crippen molar-refractivity contribution >= 4 is 0 Å². The highest BCUT2D eigenvalue weighted by Crippen LogP contribution is 2.25. The van der Waals surface area contributed by atoms with Crippen LogP contribution in [0.1, 0.15) is 37.4 Å². The fourth-order valence-electron chi connectivity index (χ4n) is 1.49. The summed E-state index contributed by atoms with van der Waals surface area (Å²) in [5.41, 5.74) is 8.08. The third-order valence-electron chi connectivity index (χ3n) is 2.45. The second-order valence-electron chi connectivity index (χ2n) is 4.32. The van der Waals surface area contributed by atoms with E-state index in [0.29, 0.717) is 13.0 Å². The molecule has 0 aliphatic heterocycles. The van der Waals surface area contributed by atoms with Crippen LogP contribution in [0.4, 0.5) is 0 Å². The summed E-state index contributed by atoms with van der Waals surface area (Å²) in [6.45, 7) is 6.24. The second-order valence-corrected chi connectivity index (χ2v) is 4.32. The molecule has 90 valence electrons. The van der Waals surface area contributed by atoms with Gasteiger partial charge in [-0.2, -0.15) is 0 Å². The summed E-state index contributed by atoms with van der Waals surface area (Å²) in [6, 6.07) is 5.95. The van der Waals surface area contributed by atoms with Crippen molar-refractivity contribution in [3.63, 3.8) is 0 Å². The lowest BCUT2D eigenvalue weighted by Gasteiger charge is -2.15. The van der Waals surface area contributed by atoms with Crippen LogP contribution >= 0.6 is 0 Å². The van der Waals surface area contributed by atoms with E-state index in [0.717, 1.165) is 11.3 Å². The van der Waals surface area contributed by atoms with Gasteiger partial charge in [0.25, 0.3) is 0 Å². The van der Waals surface area contributed by atoms with Gasteiger partial charge < -0.3 is 15.6 Å². The molecule has 1 rings (SSSR count). The van der Waals surface area contributed by atoms with Crippen molar-refractivity contribution in [1.29, 1.82) is 0 Å². The van der Waals surface area contributed by atoms with Crippen LogP contribution in [0.5, 0.6) is 5.75 Å². The lowest BCUT2D eigenvalue weighted by atomic mass is 10.1. The minimum absolute atomic E-state index is 0.0403. The minimum atomic E-state index is -0.329. The quantitative estimate of drug-likeness (QED) is 0.804. The van der Waals surface area contributed by atoms with Crippen molar-refractivity contribution in [2.24, 2.45) is 5.73 Å². The zero-order chi connectivity index (χ0) is 12.1. The summed E-state index contributed by atoms with van der Waals surface area (Å²) in [6.07, 6.45) is 0.302. The summed E-state index contributed by atoms with van der Waals surface area (Å²) >= 11 is 0. The number of ether oxygens (including phenoxy) is 1. The maximum Gasteiger partial charge on any atom is 0.124 e. The third kappa shape index (κ3) is 3.83. The number of aryl methyl sites for hydroxylation is 1. The molecular weight excluding hydrogens is 202 g/mol. The maximum absolute atomic E-state index is 9.15. The molecular formula is C13H21NO2. The monoisotopic (exact) mass is 223 g/mol. The SMILES string of the molecule is Cc1ccc(OCCC(C)O)c(C(C)N)c1. The van der Waals surface area contributed by atoms with Crippen LogP contribution in [0.25, 0.3) is 0 Å². The molecule has 0 aliphatic rings. The summed E-state index contributed by atoms with van der Waals surface area (Å²) < 4.78 is 5.62. The number of nitrogens with two attached hydrogens (primary N) is 1. The largest absolute Gasteiger partial charge is 0.493 e. The summed E-state index contributed by atoms with van der Waals surface area (Å²) in [7, 11) is 0. The smallest absolute Gasteiger partial charge is 0.124 e. The minimum Gasteiger partial charge on any atom is -0.493 e. The predicted octanol–water partition coefficient (Wildman–Crippen LogP) is 2.16. The van der Waals surface area contributed by atoms with Gasteiger partial charge in [0.15, 0.2) is 0 Å². The zero-order valence-corrected chi connectivity index (χ0v) is 10.2. The number of aliphatic hydroxyl groups excluding tert-OH is 1. The molecule has 0 amide bonds. The molecule has 2 atom stereocenters. The average molecular weight is 223 g/mol. The molecule has 3 N–H and O–H groups in total. The molecule has 0 heterocycles. The van der Waals surface area contributed by atoms with E-state index >= 15 is 0 Å². The molecule has 0 saturated carbocycles. The lowest BCUT2D eigenvalue weighted by molar-refractivity contribution is 0.155. The third-order valence-corrected chi connectivity index (χ3v) is 2.45. The Morgan fingerprint density at radius 2 is 2.06 bits per heavy atom. The van der Waals surface area contributed by atoms with Gasteiger partial charge in [-0.3, -0.25) is 0 Å². The first kappa shape index (κ1) is 13.0. The Bertz CT molecular complexity index is 335. The molecule has 0 aromatic heterocycles. The van der Waals surface area contributed by atoms with Crippen molar-refractivity contribution in [1.82, 2.24) is 0 Å². The van der Waals surface area contributed by atoms with Crippen LogP contribution in [0.3, 0.4) is 0 Å². The van der Waals surface area contributed by atoms with E-state index in [2.05, 4.69) is 0 Å². The van der Waals surface area contributed by atoms with E-state index < -0.39 is 0 Å². The number of aliphatic hydroxyl groups is 1. The van der Waals surface area contributed by atoms with Crippen molar-refractivity contribution in [2.45, 2.75) is 39.3 Å². The standard InChI is InChI=1S/C13H21NO2/c1-9-4-5-13(12(8-9)11(3)14)16-7-6-10(2)15/h4-5,8,10-11,15H,6-7,14H2,1-3H3. The first-order chi connectivity index (χ1) is 7.50. The molecule has 16 heavy (non-hydrogen) atoms. The molecule has 0 bridgehead atoms. The topological polar surface area (TPSA) is 55.5 Å². The van der Waals surface area contributed by atoms with Crippen LogP contribution in [0, 0.1) is 6.92 Å². The van der Waals surface area contributed by atoms with E-state index in [-0.39, 0.29) is 12.1 Å². The maximum atomic E-state index is 9.15. The van der Waals surface area contributed by atoms with Crippen LogP contribution in [-0.2, 0) is 0 Å². The highest BCUT2D eigenvalue weighted by atomic mass is 16.5. The predicted molar refractivity (Wildman–Crippen MR) is 65.6 cm³/mol. The van der Waals surface area contributed by atoms with E-state index in [1.807, 2.05) is 32.0 Å². The van der Waals surface area contributed by atoms with Gasteiger partial charge in [0, 0.05) is 18.0 Å². The first-order valence-electron chi connectivity index (χ1n) is 5.67. The Morgan fingerprint density at radius 1 is 1.38 bits per heavy atom. The highest BCUT2D eigenvalue weighted by molar-refractivity contribution is 5.38. The number of benzene rings is 1. The Labute approximate surface area is 97.2 Å². The second kappa shape index (κ2) is 5.87. The Kier molecular flexibility index (Phi) is 4.77. The van der Waals surface area contributed by atoms with Gasteiger partial charge in [-0.15, -0.1) is 0 Å². The van der Waals surface area contributed by atoms with Crippen molar-refractivity contribution in [3.05, 3.63) is 29.3 Å². The van der Waals surface area contributed by atoms with E-state index in [1.54, 1.807) is 6.92 Å². The van der Waals surface area contributed by atoms with Crippen LogP contribution < -0.4 is 10.5 Å². The summed E-state index contributed by atoms with van der Waals surface area (Å²) in [5, 5.41) is 9.15. The fourth-order valence-corrected chi connectivity index (χ4v) is 1.49. The molecule has 0 saturated heterocycles. The number of hydrogen-bond acceptors (Lipinski definition) is 3. The molecule has 0 spiro atoms. The van der Waals surface area contributed by atoms with Crippen LogP contribution in [0.15, 0.2) is 18.2 Å². The first-order valence-corrected chi connectivity index (χ1v) is 5.67. The van der Waals surface area contributed by atoms with Gasteiger partial charge in [0.1, 0.15) is 5.75 Å². The van der Waals surface area contributed by atoms with Crippen molar-refractivity contribution in [2.75, 3.05) is 6.61 Å². The molecule has 0 aliphatic carbocycles. The molecule has 1 aromatic carbocycles.